The number of nitro groups is 1. The molecule has 2 aromatic rings. The maximum atomic E-state index is 14.5. The molecule has 0 spiro atoms. The second-order valence-corrected chi connectivity index (χ2v) is 6.56. The summed E-state index contributed by atoms with van der Waals surface area (Å²) in [5.74, 6) is -2.56. The summed E-state index contributed by atoms with van der Waals surface area (Å²) in [7, 11) is 2.48. The van der Waals surface area contributed by atoms with Crippen molar-refractivity contribution in [2.75, 3.05) is 19.1 Å². The first kappa shape index (κ1) is 20.9. The lowest BCUT2D eigenvalue weighted by Crippen LogP contribution is -2.49. The van der Waals surface area contributed by atoms with Crippen molar-refractivity contribution in [3.63, 3.8) is 0 Å². The molecule has 0 saturated heterocycles. The molecule has 0 radical (unpaired) electrons. The normalized spacial score (nSPS) is 16.7. The van der Waals surface area contributed by atoms with E-state index in [1.54, 1.807) is 0 Å². The van der Waals surface area contributed by atoms with Crippen molar-refractivity contribution in [1.29, 1.82) is 0 Å². The number of hydrogen-bond donors (Lipinski definition) is 0. The van der Waals surface area contributed by atoms with E-state index in [1.165, 1.54) is 38.2 Å². The minimum atomic E-state index is -1.18. The fraction of sp³-hybridized carbons (Fsp3) is 0.200. The van der Waals surface area contributed by atoms with Crippen molar-refractivity contribution in [3.8, 4) is 0 Å². The standard InChI is InChI=1S/C20H17F2N3O5/c1-11-17(19(26)30-3)18(15-8-7-12(21)9-16(15)22)23(2)20(27)24(11)13-5-4-6-14(10-13)25(28)29/h4-10,18H,1-3H3. The summed E-state index contributed by atoms with van der Waals surface area (Å²) in [6.07, 6.45) is 0. The number of anilines is 1. The second kappa shape index (κ2) is 7.90. The number of halogens is 2. The molecule has 156 valence electrons. The lowest BCUT2D eigenvalue weighted by atomic mass is 9.93. The SMILES string of the molecule is COC(=O)C1=C(C)N(c2cccc([N+](=O)[O-])c2)C(=O)N(C)C1c1ccc(F)cc1F. The number of nitrogens with zero attached hydrogens (tertiary/aromatic N) is 3. The summed E-state index contributed by atoms with van der Waals surface area (Å²) in [4.78, 5) is 38.4. The van der Waals surface area contributed by atoms with Gasteiger partial charge in [-0.05, 0) is 19.1 Å². The summed E-state index contributed by atoms with van der Waals surface area (Å²) in [5.41, 5.74) is -0.137. The van der Waals surface area contributed by atoms with Crippen LogP contribution >= 0.6 is 0 Å². The smallest absolute Gasteiger partial charge is 0.338 e. The highest BCUT2D eigenvalue weighted by Crippen LogP contribution is 2.40. The Morgan fingerprint density at radius 2 is 1.90 bits per heavy atom. The minimum absolute atomic E-state index is 0.0587. The van der Waals surface area contributed by atoms with Crippen LogP contribution in [0, 0.1) is 21.7 Å². The zero-order valence-corrected chi connectivity index (χ0v) is 16.3. The van der Waals surface area contributed by atoms with Crippen molar-refractivity contribution in [2.24, 2.45) is 0 Å². The van der Waals surface area contributed by atoms with Crippen LogP contribution in [-0.2, 0) is 9.53 Å². The number of benzene rings is 2. The van der Waals surface area contributed by atoms with Gasteiger partial charge >= 0.3 is 12.0 Å². The number of methoxy groups -OCH3 is 1. The number of carbonyl (C=O) groups is 2. The van der Waals surface area contributed by atoms with Crippen LogP contribution in [-0.4, -0.2) is 36.0 Å². The Morgan fingerprint density at radius 1 is 1.20 bits per heavy atom. The van der Waals surface area contributed by atoms with Crippen LogP contribution in [0.2, 0.25) is 0 Å². The number of carbonyl (C=O) groups excluding carboxylic acids is 2. The molecule has 1 atom stereocenters. The third kappa shape index (κ3) is 3.47. The molecular formula is C20H17F2N3O5. The Hall–Kier alpha value is -3.82. The van der Waals surface area contributed by atoms with Gasteiger partial charge in [0.05, 0.1) is 29.3 Å². The fourth-order valence-electron chi connectivity index (χ4n) is 3.43. The highest BCUT2D eigenvalue weighted by molar-refractivity contribution is 6.03. The van der Waals surface area contributed by atoms with E-state index in [9.17, 15) is 28.5 Å². The number of rotatable bonds is 4. The van der Waals surface area contributed by atoms with E-state index < -0.39 is 34.6 Å². The van der Waals surface area contributed by atoms with Gasteiger partial charge in [-0.2, -0.15) is 0 Å². The van der Waals surface area contributed by atoms with E-state index in [0.29, 0.717) is 6.07 Å². The van der Waals surface area contributed by atoms with Gasteiger partial charge in [0.15, 0.2) is 0 Å². The molecule has 2 aromatic carbocycles. The average Bonchev–Trinajstić information content (AvgIpc) is 2.71. The monoisotopic (exact) mass is 417 g/mol. The number of allylic oxidation sites excluding steroid dienone is 1. The predicted octanol–water partition coefficient (Wildman–Crippen LogP) is 3.93. The number of amides is 2. The van der Waals surface area contributed by atoms with Crippen LogP contribution in [0.5, 0.6) is 0 Å². The molecule has 30 heavy (non-hydrogen) atoms. The number of urea groups is 1. The number of non-ortho nitro benzene ring substituents is 1. The van der Waals surface area contributed by atoms with Crippen LogP contribution in [0.15, 0.2) is 53.7 Å². The first-order valence-electron chi connectivity index (χ1n) is 8.72. The van der Waals surface area contributed by atoms with Gasteiger partial charge in [-0.15, -0.1) is 0 Å². The fourth-order valence-corrected chi connectivity index (χ4v) is 3.43. The van der Waals surface area contributed by atoms with E-state index in [4.69, 9.17) is 4.74 Å². The first-order chi connectivity index (χ1) is 14.2. The molecule has 3 rings (SSSR count). The van der Waals surface area contributed by atoms with Gasteiger partial charge in [-0.25, -0.2) is 18.4 Å². The largest absolute Gasteiger partial charge is 0.466 e. The number of esters is 1. The van der Waals surface area contributed by atoms with Gasteiger partial charge in [0.25, 0.3) is 5.69 Å². The van der Waals surface area contributed by atoms with Crippen molar-refractivity contribution in [2.45, 2.75) is 13.0 Å². The van der Waals surface area contributed by atoms with Crippen LogP contribution in [0.25, 0.3) is 0 Å². The molecule has 1 unspecified atom stereocenters. The van der Waals surface area contributed by atoms with E-state index >= 15 is 0 Å². The van der Waals surface area contributed by atoms with Gasteiger partial charge in [0.1, 0.15) is 11.6 Å². The van der Waals surface area contributed by atoms with Crippen molar-refractivity contribution in [1.82, 2.24) is 4.90 Å². The third-order valence-electron chi connectivity index (χ3n) is 4.84. The van der Waals surface area contributed by atoms with E-state index in [-0.39, 0.29) is 28.2 Å². The molecule has 1 aliphatic rings. The average molecular weight is 417 g/mol. The Bertz CT molecular complexity index is 1090. The zero-order valence-electron chi connectivity index (χ0n) is 16.3. The maximum absolute atomic E-state index is 14.5. The molecule has 2 amide bonds. The summed E-state index contributed by atoms with van der Waals surface area (Å²) >= 11 is 0. The first-order valence-corrected chi connectivity index (χ1v) is 8.72. The number of ether oxygens (including phenoxy) is 1. The molecule has 1 heterocycles. The molecule has 0 N–H and O–H groups in total. The Labute approximate surface area is 170 Å². The Balaban J connectivity index is 2.24. The van der Waals surface area contributed by atoms with Gasteiger partial charge in [-0.1, -0.05) is 12.1 Å². The van der Waals surface area contributed by atoms with E-state index in [1.807, 2.05) is 0 Å². The van der Waals surface area contributed by atoms with Gasteiger partial charge in [-0.3, -0.25) is 15.0 Å². The Kier molecular flexibility index (Phi) is 5.50. The molecule has 0 bridgehead atoms. The predicted molar refractivity (Wildman–Crippen MR) is 103 cm³/mol. The number of hydrogen-bond acceptors (Lipinski definition) is 5. The molecule has 1 aliphatic heterocycles. The highest BCUT2D eigenvalue weighted by atomic mass is 19.1. The number of nitro benzene ring substituents is 1. The molecule has 0 fully saturated rings. The minimum Gasteiger partial charge on any atom is -0.466 e. The summed E-state index contributed by atoms with van der Waals surface area (Å²) in [6, 6.07) is 6.31. The molecule has 0 aromatic heterocycles. The van der Waals surface area contributed by atoms with Gasteiger partial charge in [0.2, 0.25) is 0 Å². The van der Waals surface area contributed by atoms with Crippen LogP contribution in [0.4, 0.5) is 25.0 Å². The number of likely N-dealkylation sites (N-methyl/N-ethyl adjacent to an activating group) is 1. The summed E-state index contributed by atoms with van der Waals surface area (Å²) < 4.78 is 32.7. The molecule has 10 heteroatoms. The van der Waals surface area contributed by atoms with Gasteiger partial charge in [0, 0.05) is 36.5 Å². The second-order valence-electron chi connectivity index (χ2n) is 6.56. The molecular weight excluding hydrogens is 400 g/mol. The summed E-state index contributed by atoms with van der Waals surface area (Å²) in [6.45, 7) is 1.45. The molecule has 0 saturated carbocycles. The molecule has 0 aliphatic carbocycles. The Morgan fingerprint density at radius 3 is 2.50 bits per heavy atom. The maximum Gasteiger partial charge on any atom is 0.338 e. The lowest BCUT2D eigenvalue weighted by Gasteiger charge is -2.40. The quantitative estimate of drug-likeness (QED) is 0.427. The van der Waals surface area contributed by atoms with Gasteiger partial charge < -0.3 is 9.64 Å². The van der Waals surface area contributed by atoms with Crippen LogP contribution in [0.3, 0.4) is 0 Å². The van der Waals surface area contributed by atoms with Crippen molar-refractivity contribution < 1.29 is 28.0 Å². The highest BCUT2D eigenvalue weighted by Gasteiger charge is 2.42. The summed E-state index contributed by atoms with van der Waals surface area (Å²) in [5, 5.41) is 11.1. The third-order valence-corrected chi connectivity index (χ3v) is 4.84. The molecule has 8 nitrogen and oxygen atoms in total. The van der Waals surface area contributed by atoms with Crippen molar-refractivity contribution in [3.05, 3.63) is 81.0 Å². The van der Waals surface area contributed by atoms with Crippen molar-refractivity contribution >= 4 is 23.4 Å². The topological polar surface area (TPSA) is 93.0 Å². The van der Waals surface area contributed by atoms with E-state index in [2.05, 4.69) is 0 Å². The lowest BCUT2D eigenvalue weighted by molar-refractivity contribution is -0.384. The van der Waals surface area contributed by atoms with Crippen LogP contribution in [0.1, 0.15) is 18.5 Å². The zero-order chi connectivity index (χ0) is 22.2. The van der Waals surface area contributed by atoms with E-state index in [0.717, 1.165) is 29.0 Å². The van der Waals surface area contributed by atoms with Crippen LogP contribution < -0.4 is 4.90 Å².